The summed E-state index contributed by atoms with van der Waals surface area (Å²) in [6.07, 6.45) is 0.770. The largest absolute Gasteiger partial charge is 0.299 e. The lowest BCUT2D eigenvalue weighted by Crippen LogP contribution is -2.22. The molecule has 4 rings (SSSR count). The molecule has 3 aromatic carbocycles. The molecule has 1 aliphatic carbocycles. The van der Waals surface area contributed by atoms with E-state index in [1.165, 1.54) is 22.3 Å². The Morgan fingerprint density at radius 1 is 0.760 bits per heavy atom. The van der Waals surface area contributed by atoms with Crippen molar-refractivity contribution in [2.45, 2.75) is 13.3 Å². The van der Waals surface area contributed by atoms with E-state index in [-0.39, 0.29) is 11.7 Å². The quantitative estimate of drug-likeness (QED) is 0.630. The minimum absolute atomic E-state index is 0.104. The molecule has 0 aromatic heterocycles. The Morgan fingerprint density at radius 3 is 1.96 bits per heavy atom. The van der Waals surface area contributed by atoms with Crippen LogP contribution in [0.2, 0.25) is 0 Å². The Labute approximate surface area is 148 Å². The van der Waals surface area contributed by atoms with Crippen molar-refractivity contribution < 1.29 is 4.79 Å². The highest BCUT2D eigenvalue weighted by Gasteiger charge is 2.31. The van der Waals surface area contributed by atoms with Gasteiger partial charge in [0.15, 0.2) is 0 Å². The van der Waals surface area contributed by atoms with Gasteiger partial charge in [0.05, 0.1) is 0 Å². The van der Waals surface area contributed by atoms with Crippen LogP contribution in [0.3, 0.4) is 0 Å². The number of carbonyl (C=O) groups is 1. The maximum absolute atomic E-state index is 12.5. The molecule has 0 radical (unpaired) electrons. The molecule has 0 bridgehead atoms. The Morgan fingerprint density at radius 2 is 1.32 bits per heavy atom. The van der Waals surface area contributed by atoms with E-state index >= 15 is 0 Å². The zero-order valence-electron chi connectivity index (χ0n) is 14.3. The molecule has 0 saturated heterocycles. The van der Waals surface area contributed by atoms with Crippen LogP contribution in [0.5, 0.6) is 0 Å². The van der Waals surface area contributed by atoms with Gasteiger partial charge in [0, 0.05) is 5.92 Å². The third-order valence-corrected chi connectivity index (χ3v) is 4.97. The molecule has 1 aliphatic rings. The summed E-state index contributed by atoms with van der Waals surface area (Å²) in [6, 6.07) is 29.2. The van der Waals surface area contributed by atoms with Gasteiger partial charge in [-0.25, -0.2) is 0 Å². The van der Waals surface area contributed by atoms with Gasteiger partial charge in [-0.05, 0) is 46.7 Å². The maximum Gasteiger partial charge on any atom is 0.137 e. The summed E-state index contributed by atoms with van der Waals surface area (Å²) in [7, 11) is 0. The second-order valence-corrected chi connectivity index (χ2v) is 6.55. The van der Waals surface area contributed by atoms with Gasteiger partial charge in [0.2, 0.25) is 0 Å². The summed E-state index contributed by atoms with van der Waals surface area (Å²) in [5, 5.41) is 0. The van der Waals surface area contributed by atoms with Crippen molar-refractivity contribution in [1.82, 2.24) is 0 Å². The van der Waals surface area contributed by atoms with E-state index in [0.717, 1.165) is 17.6 Å². The van der Waals surface area contributed by atoms with Crippen molar-refractivity contribution in [2.75, 3.05) is 0 Å². The maximum atomic E-state index is 12.5. The van der Waals surface area contributed by atoms with Crippen molar-refractivity contribution in [3.05, 3.63) is 107 Å². The molecule has 1 atom stereocenters. The van der Waals surface area contributed by atoms with Gasteiger partial charge in [-0.3, -0.25) is 4.79 Å². The first-order valence-corrected chi connectivity index (χ1v) is 8.69. The number of Topliss-reactive ketones (excluding diaryl/α,β-unsaturated/α-hetero) is 1. The standard InChI is InChI=1S/C24H20O/c1-17(25)22-16-20-14-8-9-15-21(20)23(18-10-4-2-5-11-18)24(22)19-12-6-3-7-13-19/h2-15,22H,16H2,1H3. The third kappa shape index (κ3) is 2.83. The first-order chi connectivity index (χ1) is 12.3. The van der Waals surface area contributed by atoms with E-state index < -0.39 is 0 Å². The predicted molar refractivity (Wildman–Crippen MR) is 103 cm³/mol. The first kappa shape index (κ1) is 15.6. The van der Waals surface area contributed by atoms with Gasteiger partial charge >= 0.3 is 0 Å². The lowest BCUT2D eigenvalue weighted by molar-refractivity contribution is -0.119. The monoisotopic (exact) mass is 324 g/mol. The number of carbonyl (C=O) groups excluding carboxylic acids is 1. The van der Waals surface area contributed by atoms with E-state index in [0.29, 0.717) is 0 Å². The molecule has 25 heavy (non-hydrogen) atoms. The summed E-state index contributed by atoms with van der Waals surface area (Å²) in [6.45, 7) is 1.71. The van der Waals surface area contributed by atoms with Crippen molar-refractivity contribution in [2.24, 2.45) is 5.92 Å². The molecular weight excluding hydrogens is 304 g/mol. The Hall–Kier alpha value is -2.93. The Kier molecular flexibility index (Phi) is 4.07. The Bertz CT molecular complexity index is 936. The fourth-order valence-electron chi connectivity index (χ4n) is 3.81. The minimum Gasteiger partial charge on any atom is -0.299 e. The molecule has 0 spiro atoms. The van der Waals surface area contributed by atoms with E-state index in [4.69, 9.17) is 0 Å². The molecule has 0 aliphatic heterocycles. The van der Waals surface area contributed by atoms with E-state index in [1.807, 2.05) is 24.3 Å². The lowest BCUT2D eigenvalue weighted by Gasteiger charge is -2.30. The molecule has 3 aromatic rings. The molecular formula is C24H20O. The molecule has 0 N–H and O–H groups in total. The van der Waals surface area contributed by atoms with Gasteiger partial charge in [-0.2, -0.15) is 0 Å². The second kappa shape index (κ2) is 6.52. The first-order valence-electron chi connectivity index (χ1n) is 8.69. The molecule has 1 heteroatoms. The summed E-state index contributed by atoms with van der Waals surface area (Å²) in [4.78, 5) is 12.5. The SMILES string of the molecule is CC(=O)C1Cc2ccccc2C(c2ccccc2)=C1c1ccccc1. The molecule has 0 heterocycles. The fourth-order valence-corrected chi connectivity index (χ4v) is 3.81. The average molecular weight is 324 g/mol. The third-order valence-electron chi connectivity index (χ3n) is 4.97. The molecule has 0 saturated carbocycles. The number of fused-ring (bicyclic) bond motifs is 1. The van der Waals surface area contributed by atoms with Crippen molar-refractivity contribution in [3.63, 3.8) is 0 Å². The molecule has 1 unspecified atom stereocenters. The second-order valence-electron chi connectivity index (χ2n) is 6.55. The van der Waals surface area contributed by atoms with E-state index in [2.05, 4.69) is 60.7 Å². The van der Waals surface area contributed by atoms with Crippen molar-refractivity contribution >= 4 is 16.9 Å². The van der Waals surface area contributed by atoms with Gasteiger partial charge < -0.3 is 0 Å². The number of allylic oxidation sites excluding steroid dienone is 1. The number of ketones is 1. The minimum atomic E-state index is -0.104. The summed E-state index contributed by atoms with van der Waals surface area (Å²) >= 11 is 0. The van der Waals surface area contributed by atoms with E-state index in [9.17, 15) is 4.79 Å². The van der Waals surface area contributed by atoms with Gasteiger partial charge in [-0.15, -0.1) is 0 Å². The van der Waals surface area contributed by atoms with Crippen LogP contribution in [0.25, 0.3) is 11.1 Å². The topological polar surface area (TPSA) is 17.1 Å². The number of benzene rings is 3. The van der Waals surface area contributed by atoms with Crippen molar-refractivity contribution in [3.8, 4) is 0 Å². The average Bonchev–Trinajstić information content (AvgIpc) is 2.67. The smallest absolute Gasteiger partial charge is 0.137 e. The number of hydrogen-bond acceptors (Lipinski definition) is 1. The van der Waals surface area contributed by atoms with Crippen LogP contribution in [0.1, 0.15) is 29.2 Å². The zero-order chi connectivity index (χ0) is 17.2. The summed E-state index contributed by atoms with van der Waals surface area (Å²) in [5.41, 5.74) is 7.13. The highest BCUT2D eigenvalue weighted by Crippen LogP contribution is 2.43. The highest BCUT2D eigenvalue weighted by atomic mass is 16.1. The van der Waals surface area contributed by atoms with Crippen LogP contribution in [-0.4, -0.2) is 5.78 Å². The summed E-state index contributed by atoms with van der Waals surface area (Å²) < 4.78 is 0. The van der Waals surface area contributed by atoms with Gasteiger partial charge in [0.25, 0.3) is 0 Å². The number of hydrogen-bond donors (Lipinski definition) is 0. The normalized spacial score (nSPS) is 16.4. The fraction of sp³-hybridized carbons (Fsp3) is 0.125. The molecule has 0 fully saturated rings. The van der Waals surface area contributed by atoms with Gasteiger partial charge in [0.1, 0.15) is 5.78 Å². The number of rotatable bonds is 3. The van der Waals surface area contributed by atoms with Crippen LogP contribution >= 0.6 is 0 Å². The van der Waals surface area contributed by atoms with Crippen LogP contribution in [0.15, 0.2) is 84.9 Å². The molecule has 0 amide bonds. The van der Waals surface area contributed by atoms with Crippen LogP contribution in [0, 0.1) is 5.92 Å². The molecule has 1 nitrogen and oxygen atoms in total. The Balaban J connectivity index is 2.08. The van der Waals surface area contributed by atoms with Crippen LogP contribution in [-0.2, 0) is 11.2 Å². The van der Waals surface area contributed by atoms with Crippen LogP contribution < -0.4 is 0 Å². The van der Waals surface area contributed by atoms with Gasteiger partial charge in [-0.1, -0.05) is 84.9 Å². The predicted octanol–water partition coefficient (Wildman–Crippen LogP) is 5.41. The lowest BCUT2D eigenvalue weighted by atomic mass is 9.73. The van der Waals surface area contributed by atoms with E-state index in [1.54, 1.807) is 6.92 Å². The molecule has 122 valence electrons. The zero-order valence-corrected chi connectivity index (χ0v) is 14.3. The highest BCUT2D eigenvalue weighted by molar-refractivity contribution is 6.08. The van der Waals surface area contributed by atoms with Crippen LogP contribution in [0.4, 0.5) is 0 Å². The van der Waals surface area contributed by atoms with Crippen molar-refractivity contribution in [1.29, 1.82) is 0 Å². The summed E-state index contributed by atoms with van der Waals surface area (Å²) in [5.74, 6) is 0.120.